The number of furan rings is 1. The Labute approximate surface area is 168 Å². The molecule has 28 heavy (non-hydrogen) atoms. The van der Waals surface area contributed by atoms with Crippen molar-refractivity contribution in [2.45, 2.75) is 30.8 Å². The smallest absolute Gasteiger partial charge is 0.374 e. The van der Waals surface area contributed by atoms with E-state index in [9.17, 15) is 9.59 Å². The molecule has 2 aromatic rings. The molecule has 1 heterocycles. The van der Waals surface area contributed by atoms with E-state index in [-0.39, 0.29) is 36.1 Å². The highest BCUT2D eigenvalue weighted by Crippen LogP contribution is 2.62. The van der Waals surface area contributed by atoms with E-state index < -0.39 is 5.97 Å². The van der Waals surface area contributed by atoms with Crippen LogP contribution in [0, 0.1) is 5.92 Å². The third kappa shape index (κ3) is 3.90. The summed E-state index contributed by atoms with van der Waals surface area (Å²) in [7, 11) is 1.61. The third-order valence-corrected chi connectivity index (χ3v) is 5.44. The molecule has 0 aliphatic heterocycles. The predicted octanol–water partition coefficient (Wildman–Crippen LogP) is 4.25. The van der Waals surface area contributed by atoms with Gasteiger partial charge in [0.1, 0.15) is 5.75 Å². The second-order valence-electron chi connectivity index (χ2n) is 6.38. The van der Waals surface area contributed by atoms with E-state index >= 15 is 0 Å². The summed E-state index contributed by atoms with van der Waals surface area (Å²) in [5, 5.41) is 0.612. The number of methoxy groups -OCH3 is 1. The molecule has 0 N–H and O–H groups in total. The van der Waals surface area contributed by atoms with Gasteiger partial charge in [0.15, 0.2) is 5.09 Å². The molecule has 3 atom stereocenters. The van der Waals surface area contributed by atoms with Crippen LogP contribution in [-0.4, -0.2) is 38.5 Å². The number of benzene rings is 1. The molecule has 7 heteroatoms. The normalized spacial score (nSPS) is 20.5. The molecule has 1 aliphatic rings. The lowest BCUT2D eigenvalue weighted by molar-refractivity contribution is -0.144. The summed E-state index contributed by atoms with van der Waals surface area (Å²) in [6.07, 6.45) is 1.87. The number of carbonyl (C=O) groups excluding carboxylic acids is 2. The van der Waals surface area contributed by atoms with Crippen molar-refractivity contribution in [2.75, 3.05) is 26.6 Å². The van der Waals surface area contributed by atoms with Crippen LogP contribution in [0.2, 0.25) is 0 Å². The molecule has 1 fully saturated rings. The first-order chi connectivity index (χ1) is 13.5. The Balaban J connectivity index is 1.98. The fourth-order valence-electron chi connectivity index (χ4n) is 3.56. The van der Waals surface area contributed by atoms with E-state index in [1.807, 2.05) is 36.6 Å². The fourth-order valence-corrected chi connectivity index (χ4v) is 3.97. The maximum absolute atomic E-state index is 12.6. The number of ether oxygens (including phenoxy) is 3. The van der Waals surface area contributed by atoms with Crippen LogP contribution in [0.5, 0.6) is 5.75 Å². The van der Waals surface area contributed by atoms with Crippen LogP contribution in [0.25, 0.3) is 0 Å². The van der Waals surface area contributed by atoms with E-state index in [0.717, 1.165) is 11.3 Å². The van der Waals surface area contributed by atoms with Crippen molar-refractivity contribution in [3.8, 4) is 5.75 Å². The summed E-state index contributed by atoms with van der Waals surface area (Å²) < 4.78 is 21.3. The highest BCUT2D eigenvalue weighted by atomic mass is 32.2. The maximum atomic E-state index is 12.6. The molecule has 0 amide bonds. The summed E-state index contributed by atoms with van der Waals surface area (Å²) in [6, 6.07) is 9.44. The Hall–Kier alpha value is -2.41. The van der Waals surface area contributed by atoms with Gasteiger partial charge in [-0.3, -0.25) is 4.79 Å². The number of thioether (sulfide) groups is 1. The highest BCUT2D eigenvalue weighted by Gasteiger charge is 2.59. The molecule has 1 aromatic heterocycles. The van der Waals surface area contributed by atoms with E-state index in [1.54, 1.807) is 21.0 Å². The van der Waals surface area contributed by atoms with Gasteiger partial charge in [-0.1, -0.05) is 23.9 Å². The molecule has 1 saturated carbocycles. The topological polar surface area (TPSA) is 75.0 Å². The second-order valence-corrected chi connectivity index (χ2v) is 7.19. The number of carbonyl (C=O) groups is 2. The average Bonchev–Trinajstić information content (AvgIpc) is 3.30. The Morgan fingerprint density at radius 1 is 1.07 bits per heavy atom. The lowest BCUT2D eigenvalue weighted by Gasteiger charge is -2.04. The molecule has 1 aliphatic carbocycles. The van der Waals surface area contributed by atoms with Gasteiger partial charge in [0.25, 0.3) is 0 Å². The molecule has 0 radical (unpaired) electrons. The standard InChI is InChI=1S/C21H24O6S/c1-5-25-20(22)18-16(12-7-9-13(24-3)10-8-12)17(18)14-11-15(28-4)27-19(14)21(23)26-6-2/h7-11,16-18H,5-6H2,1-4H3. The first kappa shape index (κ1) is 20.3. The maximum Gasteiger partial charge on any atom is 0.374 e. The van der Waals surface area contributed by atoms with Gasteiger partial charge in [-0.05, 0) is 43.9 Å². The summed E-state index contributed by atoms with van der Waals surface area (Å²) >= 11 is 1.40. The van der Waals surface area contributed by atoms with Crippen molar-refractivity contribution in [3.05, 3.63) is 47.2 Å². The molecule has 1 aromatic carbocycles. The lowest BCUT2D eigenvalue weighted by Crippen LogP contribution is -2.09. The van der Waals surface area contributed by atoms with Crippen molar-refractivity contribution >= 4 is 23.7 Å². The molecular weight excluding hydrogens is 380 g/mol. The van der Waals surface area contributed by atoms with Crippen LogP contribution in [0.15, 0.2) is 39.8 Å². The first-order valence-corrected chi connectivity index (χ1v) is 10.4. The number of hydrogen-bond donors (Lipinski definition) is 0. The monoisotopic (exact) mass is 404 g/mol. The van der Waals surface area contributed by atoms with Gasteiger partial charge < -0.3 is 18.6 Å². The lowest BCUT2D eigenvalue weighted by atomic mass is 10.0. The van der Waals surface area contributed by atoms with Gasteiger partial charge >= 0.3 is 11.9 Å². The highest BCUT2D eigenvalue weighted by molar-refractivity contribution is 7.98. The SMILES string of the molecule is CCOC(=O)c1oc(SC)cc1C1C(C(=O)OCC)C1c1ccc(OC)cc1. The third-order valence-electron chi connectivity index (χ3n) is 4.84. The van der Waals surface area contributed by atoms with Gasteiger partial charge in [0, 0.05) is 17.4 Å². The van der Waals surface area contributed by atoms with Gasteiger partial charge in [0.05, 0.1) is 26.2 Å². The molecule has 0 bridgehead atoms. The molecule has 6 nitrogen and oxygen atoms in total. The van der Waals surface area contributed by atoms with E-state index in [4.69, 9.17) is 18.6 Å². The number of esters is 2. The Kier molecular flexibility index (Phi) is 6.34. The van der Waals surface area contributed by atoms with Crippen LogP contribution < -0.4 is 4.74 Å². The van der Waals surface area contributed by atoms with Gasteiger partial charge in [-0.25, -0.2) is 4.79 Å². The Bertz CT molecular complexity index is 841. The van der Waals surface area contributed by atoms with E-state index in [0.29, 0.717) is 17.3 Å². The van der Waals surface area contributed by atoms with Crippen LogP contribution >= 0.6 is 11.8 Å². The van der Waals surface area contributed by atoms with Crippen molar-refractivity contribution < 1.29 is 28.2 Å². The zero-order valence-electron chi connectivity index (χ0n) is 16.4. The van der Waals surface area contributed by atoms with Crippen molar-refractivity contribution in [3.63, 3.8) is 0 Å². The average molecular weight is 404 g/mol. The van der Waals surface area contributed by atoms with E-state index in [2.05, 4.69) is 0 Å². The number of hydrogen-bond acceptors (Lipinski definition) is 7. The van der Waals surface area contributed by atoms with Crippen LogP contribution in [0.4, 0.5) is 0 Å². The van der Waals surface area contributed by atoms with Crippen molar-refractivity contribution in [2.24, 2.45) is 5.92 Å². The molecule has 150 valence electrons. The van der Waals surface area contributed by atoms with Crippen molar-refractivity contribution in [1.82, 2.24) is 0 Å². The van der Waals surface area contributed by atoms with Gasteiger partial charge in [-0.15, -0.1) is 0 Å². The van der Waals surface area contributed by atoms with Crippen LogP contribution in [-0.2, 0) is 14.3 Å². The Morgan fingerprint density at radius 2 is 1.75 bits per heavy atom. The zero-order chi connectivity index (χ0) is 20.3. The minimum absolute atomic E-state index is 0.0922. The zero-order valence-corrected chi connectivity index (χ0v) is 17.2. The first-order valence-electron chi connectivity index (χ1n) is 9.21. The summed E-state index contributed by atoms with van der Waals surface area (Å²) in [5.41, 5.74) is 1.69. The van der Waals surface area contributed by atoms with Gasteiger partial charge in [-0.2, -0.15) is 0 Å². The minimum atomic E-state index is -0.513. The fraction of sp³-hybridized carbons (Fsp3) is 0.429. The molecule has 3 unspecified atom stereocenters. The van der Waals surface area contributed by atoms with Crippen molar-refractivity contribution in [1.29, 1.82) is 0 Å². The predicted molar refractivity (Wildman–Crippen MR) is 105 cm³/mol. The molecule has 0 spiro atoms. The number of rotatable bonds is 8. The molecule has 0 saturated heterocycles. The summed E-state index contributed by atoms with van der Waals surface area (Å²) in [4.78, 5) is 25.0. The minimum Gasteiger partial charge on any atom is -0.497 e. The van der Waals surface area contributed by atoms with E-state index in [1.165, 1.54) is 11.8 Å². The van der Waals surface area contributed by atoms with Gasteiger partial charge in [0.2, 0.25) is 5.76 Å². The molecular formula is C21H24O6S. The largest absolute Gasteiger partial charge is 0.497 e. The quantitative estimate of drug-likeness (QED) is 0.481. The molecule has 3 rings (SSSR count). The van der Waals surface area contributed by atoms with Crippen LogP contribution in [0.3, 0.4) is 0 Å². The van der Waals surface area contributed by atoms with Crippen LogP contribution in [0.1, 0.15) is 47.4 Å². The summed E-state index contributed by atoms with van der Waals surface area (Å²) in [5.74, 6) is -0.526. The Morgan fingerprint density at radius 3 is 2.32 bits per heavy atom. The summed E-state index contributed by atoms with van der Waals surface area (Å²) in [6.45, 7) is 4.09. The second kappa shape index (κ2) is 8.73.